The lowest BCUT2D eigenvalue weighted by Gasteiger charge is -2.09. The molecule has 0 aliphatic rings. The molecule has 1 heterocycles. The van der Waals surface area contributed by atoms with Crippen LogP contribution >= 0.6 is 23.2 Å². The lowest BCUT2D eigenvalue weighted by Crippen LogP contribution is -2.04. The summed E-state index contributed by atoms with van der Waals surface area (Å²) in [5, 5.41) is 13.0. The number of carboxylic acids is 1. The smallest absolute Gasteiger partial charge is 0.339 e. The zero-order valence-corrected chi connectivity index (χ0v) is 11.2. The molecule has 0 radical (unpaired) electrons. The molecule has 100 valence electrons. The third-order valence-corrected chi connectivity index (χ3v) is 2.65. The van der Waals surface area contributed by atoms with E-state index in [9.17, 15) is 4.79 Å². The number of aromatic nitrogens is 2. The molecule has 0 saturated carbocycles. The summed E-state index contributed by atoms with van der Waals surface area (Å²) in [4.78, 5) is 15.0. The van der Waals surface area contributed by atoms with Gasteiger partial charge in [-0.3, -0.25) is 0 Å². The Kier molecular flexibility index (Phi) is 3.92. The number of halogens is 2. The third kappa shape index (κ3) is 3.15. The Labute approximate surface area is 117 Å². The van der Waals surface area contributed by atoms with Gasteiger partial charge >= 0.3 is 5.97 Å². The van der Waals surface area contributed by atoms with Gasteiger partial charge in [-0.05, 0) is 19.1 Å². The van der Waals surface area contributed by atoms with Crippen molar-refractivity contribution >= 4 is 29.2 Å². The van der Waals surface area contributed by atoms with Crippen LogP contribution in [0.4, 0.5) is 0 Å². The van der Waals surface area contributed by atoms with Gasteiger partial charge in [0.15, 0.2) is 18.2 Å². The Morgan fingerprint density at radius 2 is 2.21 bits per heavy atom. The van der Waals surface area contributed by atoms with Crippen LogP contribution in [0.5, 0.6) is 5.75 Å². The first kappa shape index (κ1) is 13.6. The highest BCUT2D eigenvalue weighted by molar-refractivity contribution is 6.36. The van der Waals surface area contributed by atoms with E-state index in [1.807, 2.05) is 0 Å². The van der Waals surface area contributed by atoms with Crippen molar-refractivity contribution in [2.75, 3.05) is 0 Å². The second-order valence-electron chi connectivity index (χ2n) is 3.59. The van der Waals surface area contributed by atoms with E-state index in [0.29, 0.717) is 5.82 Å². The van der Waals surface area contributed by atoms with Crippen LogP contribution in [-0.2, 0) is 6.61 Å². The molecule has 0 unspecified atom stereocenters. The van der Waals surface area contributed by atoms with E-state index in [1.54, 1.807) is 6.92 Å². The van der Waals surface area contributed by atoms with Gasteiger partial charge in [0, 0.05) is 5.02 Å². The molecule has 2 rings (SSSR count). The predicted octanol–water partition coefficient (Wildman–Crippen LogP) is 2.96. The Bertz CT molecular complexity index is 627. The fourth-order valence-corrected chi connectivity index (χ4v) is 1.95. The van der Waals surface area contributed by atoms with Crippen molar-refractivity contribution in [1.82, 2.24) is 10.1 Å². The minimum Gasteiger partial charge on any atom is -0.481 e. The second-order valence-corrected chi connectivity index (χ2v) is 4.44. The first-order valence-corrected chi connectivity index (χ1v) is 5.87. The van der Waals surface area contributed by atoms with Gasteiger partial charge in [-0.15, -0.1) is 0 Å². The van der Waals surface area contributed by atoms with Crippen LogP contribution in [0.2, 0.25) is 10.0 Å². The van der Waals surface area contributed by atoms with E-state index in [4.69, 9.17) is 37.6 Å². The average molecular weight is 303 g/mol. The molecule has 0 spiro atoms. The number of benzene rings is 1. The van der Waals surface area contributed by atoms with Gasteiger partial charge in [-0.1, -0.05) is 28.4 Å². The van der Waals surface area contributed by atoms with Gasteiger partial charge in [0.25, 0.3) is 5.89 Å². The van der Waals surface area contributed by atoms with Crippen LogP contribution in [0, 0.1) is 6.92 Å². The molecular formula is C11H8Cl2N2O4. The number of carbonyl (C=O) groups is 1. The summed E-state index contributed by atoms with van der Waals surface area (Å²) in [6, 6.07) is 2.65. The summed E-state index contributed by atoms with van der Waals surface area (Å²) >= 11 is 11.7. The van der Waals surface area contributed by atoms with Crippen molar-refractivity contribution in [3.8, 4) is 5.75 Å². The molecule has 0 fully saturated rings. The highest BCUT2D eigenvalue weighted by Crippen LogP contribution is 2.33. The van der Waals surface area contributed by atoms with E-state index in [0.717, 1.165) is 0 Å². The molecule has 2 aromatic rings. The monoisotopic (exact) mass is 302 g/mol. The average Bonchev–Trinajstić information content (AvgIpc) is 2.73. The van der Waals surface area contributed by atoms with Crippen LogP contribution in [0.1, 0.15) is 22.1 Å². The van der Waals surface area contributed by atoms with Gasteiger partial charge in [0.05, 0.1) is 5.02 Å². The van der Waals surface area contributed by atoms with E-state index in [1.165, 1.54) is 12.1 Å². The minimum absolute atomic E-state index is 0.00872. The standard InChI is InChI=1S/C11H8Cl2N2O4/c1-5-14-9(19-15-5)4-18-10-7(11(16)17)2-6(12)3-8(10)13/h2-3H,4H2,1H3,(H,16,17). The van der Waals surface area contributed by atoms with Crippen molar-refractivity contribution in [2.24, 2.45) is 0 Å². The van der Waals surface area contributed by atoms with Crippen molar-refractivity contribution in [3.63, 3.8) is 0 Å². The van der Waals surface area contributed by atoms with Gasteiger partial charge < -0.3 is 14.4 Å². The van der Waals surface area contributed by atoms with Crippen LogP contribution in [0.15, 0.2) is 16.7 Å². The number of rotatable bonds is 4. The Morgan fingerprint density at radius 3 is 2.79 bits per heavy atom. The largest absolute Gasteiger partial charge is 0.481 e. The molecule has 0 saturated heterocycles. The number of nitrogens with zero attached hydrogens (tertiary/aromatic N) is 2. The molecule has 1 aromatic carbocycles. The maximum atomic E-state index is 11.1. The van der Waals surface area contributed by atoms with Crippen LogP contribution in [0.3, 0.4) is 0 Å². The van der Waals surface area contributed by atoms with Crippen molar-refractivity contribution in [3.05, 3.63) is 39.5 Å². The van der Waals surface area contributed by atoms with Crippen molar-refractivity contribution in [1.29, 1.82) is 0 Å². The molecule has 0 aliphatic heterocycles. The summed E-state index contributed by atoms with van der Waals surface area (Å²) in [5.41, 5.74) is -0.131. The summed E-state index contributed by atoms with van der Waals surface area (Å²) in [6.45, 7) is 1.58. The highest BCUT2D eigenvalue weighted by atomic mass is 35.5. The van der Waals surface area contributed by atoms with Gasteiger partial charge in [-0.2, -0.15) is 4.98 Å². The Hall–Kier alpha value is -1.79. The molecule has 0 aliphatic carbocycles. The molecule has 1 N–H and O–H groups in total. The van der Waals surface area contributed by atoms with Crippen molar-refractivity contribution in [2.45, 2.75) is 13.5 Å². The maximum Gasteiger partial charge on any atom is 0.339 e. The van der Waals surface area contributed by atoms with Gasteiger partial charge in [0.2, 0.25) is 0 Å². The molecule has 8 heteroatoms. The van der Waals surface area contributed by atoms with Crippen LogP contribution in [-0.4, -0.2) is 21.2 Å². The number of carboxylic acid groups (broad SMARTS) is 1. The first-order valence-electron chi connectivity index (χ1n) is 5.11. The summed E-state index contributed by atoms with van der Waals surface area (Å²) < 4.78 is 10.2. The summed E-state index contributed by atoms with van der Waals surface area (Å²) in [6.07, 6.45) is 0. The predicted molar refractivity (Wildman–Crippen MR) is 66.8 cm³/mol. The molecular weight excluding hydrogens is 295 g/mol. The number of aryl methyl sites for hydroxylation is 1. The molecule has 6 nitrogen and oxygen atoms in total. The number of ether oxygens (including phenoxy) is 1. The number of hydrogen-bond acceptors (Lipinski definition) is 5. The fraction of sp³-hybridized carbons (Fsp3) is 0.182. The minimum atomic E-state index is -1.19. The third-order valence-electron chi connectivity index (χ3n) is 2.15. The van der Waals surface area contributed by atoms with E-state index in [2.05, 4.69) is 10.1 Å². The van der Waals surface area contributed by atoms with Crippen molar-refractivity contribution < 1.29 is 19.2 Å². The lowest BCUT2D eigenvalue weighted by molar-refractivity contribution is 0.0691. The van der Waals surface area contributed by atoms with E-state index >= 15 is 0 Å². The molecule has 0 atom stereocenters. The molecule has 0 bridgehead atoms. The quantitative estimate of drug-likeness (QED) is 0.934. The number of hydrogen-bond donors (Lipinski definition) is 1. The Morgan fingerprint density at radius 1 is 1.47 bits per heavy atom. The molecule has 1 aromatic heterocycles. The molecule has 19 heavy (non-hydrogen) atoms. The van der Waals surface area contributed by atoms with E-state index < -0.39 is 5.97 Å². The fourth-order valence-electron chi connectivity index (χ4n) is 1.40. The van der Waals surface area contributed by atoms with Crippen LogP contribution in [0.25, 0.3) is 0 Å². The van der Waals surface area contributed by atoms with Crippen LogP contribution < -0.4 is 4.74 Å². The normalized spacial score (nSPS) is 10.5. The maximum absolute atomic E-state index is 11.1. The zero-order chi connectivity index (χ0) is 14.0. The Balaban J connectivity index is 2.26. The van der Waals surface area contributed by atoms with Gasteiger partial charge in [-0.25, -0.2) is 4.79 Å². The molecule has 0 amide bonds. The topological polar surface area (TPSA) is 85.5 Å². The first-order chi connectivity index (χ1) is 8.97. The zero-order valence-electron chi connectivity index (χ0n) is 9.68. The summed E-state index contributed by atoms with van der Waals surface area (Å²) in [5.74, 6) is -0.505. The highest BCUT2D eigenvalue weighted by Gasteiger charge is 2.17. The second kappa shape index (κ2) is 5.46. The van der Waals surface area contributed by atoms with Gasteiger partial charge in [0.1, 0.15) is 5.56 Å². The SMILES string of the molecule is Cc1noc(COc2c(Cl)cc(Cl)cc2C(=O)O)n1. The lowest BCUT2D eigenvalue weighted by atomic mass is 10.2. The summed E-state index contributed by atoms with van der Waals surface area (Å²) in [7, 11) is 0. The number of aromatic carboxylic acids is 1. The van der Waals surface area contributed by atoms with E-state index in [-0.39, 0.29) is 33.9 Å².